The van der Waals surface area contributed by atoms with Crippen LogP contribution in [0.1, 0.15) is 57.4 Å². The van der Waals surface area contributed by atoms with Crippen molar-refractivity contribution in [3.05, 3.63) is 29.8 Å². The molecule has 2 rings (SSSR count). The fourth-order valence-corrected chi connectivity index (χ4v) is 4.94. The normalized spacial score (nSPS) is 14.7. The third-order valence-electron chi connectivity index (χ3n) is 5.21. The Morgan fingerprint density at radius 1 is 0.935 bits per heavy atom. The van der Waals surface area contributed by atoms with Crippen LogP contribution in [0.25, 0.3) is 0 Å². The molecule has 0 radical (unpaired) electrons. The van der Waals surface area contributed by atoms with Gasteiger partial charge in [0, 0.05) is 39.0 Å². The highest BCUT2D eigenvalue weighted by molar-refractivity contribution is 7.89. The Hall–Kier alpha value is -2.26. The molecule has 0 aromatic heterocycles. The van der Waals surface area contributed by atoms with E-state index in [2.05, 4.69) is 10.6 Å². The van der Waals surface area contributed by atoms with Crippen LogP contribution in [0.2, 0.25) is 0 Å². The summed E-state index contributed by atoms with van der Waals surface area (Å²) in [5.74, 6) is -1.32. The van der Waals surface area contributed by atoms with Crippen LogP contribution < -0.4 is 10.6 Å². The second-order valence-electron chi connectivity index (χ2n) is 7.74. The molecule has 0 spiro atoms. The third-order valence-corrected chi connectivity index (χ3v) is 7.12. The summed E-state index contributed by atoms with van der Waals surface area (Å²) in [7, 11) is -3.43. The zero-order valence-corrected chi connectivity index (χ0v) is 19.0. The number of benzene rings is 1. The molecule has 9 heteroatoms. The highest BCUT2D eigenvalue weighted by atomic mass is 32.2. The van der Waals surface area contributed by atoms with Crippen molar-refractivity contribution in [2.24, 2.45) is 0 Å². The quantitative estimate of drug-likeness (QED) is 0.372. The first-order valence-corrected chi connectivity index (χ1v) is 12.5. The van der Waals surface area contributed by atoms with Gasteiger partial charge in [-0.25, -0.2) is 8.42 Å². The summed E-state index contributed by atoms with van der Waals surface area (Å²) in [5.41, 5.74) is 0.969. The summed E-state index contributed by atoms with van der Waals surface area (Å²) < 4.78 is 26.9. The number of carbonyl (C=O) groups excluding carboxylic acids is 3. The van der Waals surface area contributed by atoms with E-state index < -0.39 is 21.7 Å². The van der Waals surface area contributed by atoms with Gasteiger partial charge >= 0.3 is 0 Å². The average molecular weight is 452 g/mol. The number of piperidine rings is 1. The summed E-state index contributed by atoms with van der Waals surface area (Å²) in [6.07, 6.45) is 5.29. The second kappa shape index (κ2) is 12.6. The van der Waals surface area contributed by atoms with Crippen LogP contribution in [0.3, 0.4) is 0 Å². The maximum Gasteiger partial charge on any atom is 0.287 e. The number of ketones is 1. The van der Waals surface area contributed by atoms with Crippen molar-refractivity contribution < 1.29 is 22.8 Å². The van der Waals surface area contributed by atoms with Gasteiger partial charge in [0.2, 0.25) is 21.7 Å². The van der Waals surface area contributed by atoms with Gasteiger partial charge in [-0.2, -0.15) is 4.31 Å². The molecule has 172 valence electrons. The molecule has 2 N–H and O–H groups in total. The average Bonchev–Trinajstić information content (AvgIpc) is 2.77. The predicted octanol–water partition coefficient (Wildman–Crippen LogP) is 1.79. The highest BCUT2D eigenvalue weighted by Gasteiger charge is 2.25. The molecule has 1 heterocycles. The molecule has 1 aliphatic rings. The minimum absolute atomic E-state index is 0.0196. The van der Waals surface area contributed by atoms with E-state index >= 15 is 0 Å². The molecule has 0 atom stereocenters. The lowest BCUT2D eigenvalue weighted by Crippen LogP contribution is -2.35. The number of nitrogens with zero attached hydrogens (tertiary/aromatic N) is 1. The van der Waals surface area contributed by atoms with Gasteiger partial charge in [-0.05, 0) is 49.8 Å². The standard InChI is InChI=1S/C22H33N3O5S/c1-2-7-21(27)23-15-13-20(26)22(28)24-14-6-8-18-9-11-19(12-10-18)31(29,30)25-16-4-3-5-17-25/h9-12H,2-8,13-17H2,1H3,(H,23,27)(H,24,28). The van der Waals surface area contributed by atoms with Gasteiger partial charge in [0.25, 0.3) is 5.91 Å². The van der Waals surface area contributed by atoms with Crippen LogP contribution in [0, 0.1) is 0 Å². The van der Waals surface area contributed by atoms with Crippen molar-refractivity contribution in [2.45, 2.75) is 63.2 Å². The molecule has 2 amide bonds. The van der Waals surface area contributed by atoms with Crippen molar-refractivity contribution in [3.8, 4) is 0 Å². The molecule has 8 nitrogen and oxygen atoms in total. The molecule has 1 saturated heterocycles. The highest BCUT2D eigenvalue weighted by Crippen LogP contribution is 2.21. The zero-order valence-electron chi connectivity index (χ0n) is 18.2. The van der Waals surface area contributed by atoms with Crippen LogP contribution in [0.15, 0.2) is 29.2 Å². The van der Waals surface area contributed by atoms with E-state index in [9.17, 15) is 22.8 Å². The van der Waals surface area contributed by atoms with Crippen molar-refractivity contribution in [1.29, 1.82) is 0 Å². The first kappa shape index (κ1) is 25.0. The maximum absolute atomic E-state index is 12.7. The van der Waals surface area contributed by atoms with E-state index in [1.807, 2.05) is 6.92 Å². The Bertz CT molecular complexity index is 846. The van der Waals surface area contributed by atoms with Gasteiger partial charge in [0.05, 0.1) is 4.90 Å². The molecular formula is C22H33N3O5S. The summed E-state index contributed by atoms with van der Waals surface area (Å²) in [6.45, 7) is 3.56. The van der Waals surface area contributed by atoms with E-state index in [1.165, 1.54) is 0 Å². The predicted molar refractivity (Wildman–Crippen MR) is 118 cm³/mol. The Morgan fingerprint density at radius 3 is 2.26 bits per heavy atom. The largest absolute Gasteiger partial charge is 0.356 e. The Kier molecular flexibility index (Phi) is 10.1. The number of carbonyl (C=O) groups is 3. The summed E-state index contributed by atoms with van der Waals surface area (Å²) in [6, 6.07) is 6.86. The number of Topliss-reactive ketones (excluding diaryl/α,β-unsaturated/α-hetero) is 1. The van der Waals surface area contributed by atoms with E-state index in [0.29, 0.717) is 43.8 Å². The van der Waals surface area contributed by atoms with Gasteiger partial charge in [-0.3, -0.25) is 14.4 Å². The van der Waals surface area contributed by atoms with Crippen LogP contribution in [-0.2, 0) is 30.8 Å². The molecular weight excluding hydrogens is 418 g/mol. The van der Waals surface area contributed by atoms with Gasteiger partial charge in [-0.15, -0.1) is 0 Å². The van der Waals surface area contributed by atoms with Crippen molar-refractivity contribution in [1.82, 2.24) is 14.9 Å². The molecule has 1 aromatic carbocycles. The number of aryl methyl sites for hydroxylation is 1. The van der Waals surface area contributed by atoms with Crippen molar-refractivity contribution >= 4 is 27.6 Å². The molecule has 0 aliphatic carbocycles. The van der Waals surface area contributed by atoms with Crippen LogP contribution in [0.4, 0.5) is 0 Å². The topological polar surface area (TPSA) is 113 Å². The molecule has 0 bridgehead atoms. The molecule has 0 saturated carbocycles. The Labute approximate surface area is 184 Å². The van der Waals surface area contributed by atoms with Crippen molar-refractivity contribution in [2.75, 3.05) is 26.2 Å². The van der Waals surface area contributed by atoms with E-state index in [0.717, 1.165) is 31.2 Å². The lowest BCUT2D eigenvalue weighted by molar-refractivity contribution is -0.138. The molecule has 1 aromatic rings. The number of rotatable bonds is 12. The van der Waals surface area contributed by atoms with Crippen LogP contribution in [-0.4, -0.2) is 56.5 Å². The molecule has 31 heavy (non-hydrogen) atoms. The summed E-state index contributed by atoms with van der Waals surface area (Å²) >= 11 is 0. The summed E-state index contributed by atoms with van der Waals surface area (Å²) in [5, 5.41) is 5.20. The first-order chi connectivity index (χ1) is 14.8. The monoisotopic (exact) mass is 451 g/mol. The molecule has 1 fully saturated rings. The van der Waals surface area contributed by atoms with Crippen LogP contribution >= 0.6 is 0 Å². The van der Waals surface area contributed by atoms with Crippen LogP contribution in [0.5, 0.6) is 0 Å². The lowest BCUT2D eigenvalue weighted by atomic mass is 10.1. The van der Waals surface area contributed by atoms with E-state index in [4.69, 9.17) is 0 Å². The maximum atomic E-state index is 12.7. The Morgan fingerprint density at radius 2 is 1.61 bits per heavy atom. The first-order valence-electron chi connectivity index (χ1n) is 11.0. The SMILES string of the molecule is CCCC(=O)NCCC(=O)C(=O)NCCCc1ccc(S(=O)(=O)N2CCCCC2)cc1. The third kappa shape index (κ3) is 8.06. The Balaban J connectivity index is 1.69. The molecule has 0 unspecified atom stereocenters. The zero-order chi connectivity index (χ0) is 22.7. The summed E-state index contributed by atoms with van der Waals surface area (Å²) in [4.78, 5) is 35.2. The van der Waals surface area contributed by atoms with Gasteiger partial charge in [-0.1, -0.05) is 25.5 Å². The minimum atomic E-state index is -3.43. The fourth-order valence-electron chi connectivity index (χ4n) is 3.42. The number of hydrogen-bond donors (Lipinski definition) is 2. The second-order valence-corrected chi connectivity index (χ2v) is 9.68. The molecule has 1 aliphatic heterocycles. The smallest absolute Gasteiger partial charge is 0.287 e. The fraction of sp³-hybridized carbons (Fsp3) is 0.591. The van der Waals surface area contributed by atoms with Gasteiger partial charge < -0.3 is 10.6 Å². The minimum Gasteiger partial charge on any atom is -0.356 e. The lowest BCUT2D eigenvalue weighted by Gasteiger charge is -2.25. The van der Waals surface area contributed by atoms with Gasteiger partial charge in [0.15, 0.2) is 0 Å². The van der Waals surface area contributed by atoms with Crippen molar-refractivity contribution in [3.63, 3.8) is 0 Å². The number of sulfonamides is 1. The number of amides is 2. The van der Waals surface area contributed by atoms with E-state index in [-0.39, 0.29) is 18.9 Å². The van der Waals surface area contributed by atoms with Gasteiger partial charge in [0.1, 0.15) is 0 Å². The van der Waals surface area contributed by atoms with E-state index in [1.54, 1.807) is 28.6 Å². The number of nitrogens with one attached hydrogen (secondary N) is 2. The number of hydrogen-bond acceptors (Lipinski definition) is 5.